The first-order chi connectivity index (χ1) is 19.7. The fourth-order valence-corrected chi connectivity index (χ4v) is 6.20. The van der Waals surface area contributed by atoms with Gasteiger partial charge in [-0.2, -0.15) is 8.42 Å². The number of amides is 1. The number of halogens is 2. The molecule has 0 atom stereocenters. The SMILES string of the molecule is O=C1CN(c2cccc(-n3cc(-c4ccc(Cl)cc4Cl)nc3Cc3ccc(Oc4ccccc4)cc3)c2)S(=O)(=O)N1. The van der Waals surface area contributed by atoms with Gasteiger partial charge in [0.15, 0.2) is 0 Å². The zero-order valence-electron chi connectivity index (χ0n) is 21.4. The van der Waals surface area contributed by atoms with Gasteiger partial charge in [0.1, 0.15) is 23.9 Å². The molecule has 206 valence electrons. The smallest absolute Gasteiger partial charge is 0.326 e. The Labute approximate surface area is 246 Å². The number of para-hydroxylation sites is 1. The summed E-state index contributed by atoms with van der Waals surface area (Å²) in [5.41, 5.74) is 3.34. The van der Waals surface area contributed by atoms with E-state index in [-0.39, 0.29) is 6.54 Å². The highest BCUT2D eigenvalue weighted by Crippen LogP contribution is 2.32. The highest BCUT2D eigenvalue weighted by atomic mass is 35.5. The van der Waals surface area contributed by atoms with Crippen molar-refractivity contribution < 1.29 is 17.9 Å². The third-order valence-corrected chi connectivity index (χ3v) is 8.42. The zero-order chi connectivity index (χ0) is 28.6. The van der Waals surface area contributed by atoms with Gasteiger partial charge in [0.05, 0.1) is 16.4 Å². The normalized spacial score (nSPS) is 14.2. The second-order valence-electron chi connectivity index (χ2n) is 9.33. The molecule has 0 bridgehead atoms. The third kappa shape index (κ3) is 5.78. The molecule has 0 aliphatic carbocycles. The number of rotatable bonds is 7. The minimum absolute atomic E-state index is 0.286. The number of hydrogen-bond acceptors (Lipinski definition) is 5. The number of aromatic nitrogens is 2. The molecule has 0 unspecified atom stereocenters. The molecular weight excluding hydrogens is 583 g/mol. The maximum atomic E-state index is 12.5. The quantitative estimate of drug-likeness (QED) is 0.232. The van der Waals surface area contributed by atoms with Crippen LogP contribution in [0.15, 0.2) is 103 Å². The number of hydrogen-bond donors (Lipinski definition) is 1. The van der Waals surface area contributed by atoms with E-state index in [0.29, 0.717) is 50.7 Å². The Hall–Kier alpha value is -4.31. The van der Waals surface area contributed by atoms with Gasteiger partial charge in [-0.25, -0.2) is 14.0 Å². The number of carbonyl (C=O) groups is 1. The van der Waals surface area contributed by atoms with Gasteiger partial charge < -0.3 is 9.30 Å². The summed E-state index contributed by atoms with van der Waals surface area (Å²) in [6.45, 7) is -0.286. The van der Waals surface area contributed by atoms with E-state index in [9.17, 15) is 13.2 Å². The molecule has 1 amide bonds. The Morgan fingerprint density at radius 3 is 2.29 bits per heavy atom. The van der Waals surface area contributed by atoms with Crippen LogP contribution in [0.2, 0.25) is 10.0 Å². The van der Waals surface area contributed by atoms with E-state index in [2.05, 4.69) is 0 Å². The first-order valence-electron chi connectivity index (χ1n) is 12.5. The second-order valence-corrected chi connectivity index (χ2v) is 11.8. The van der Waals surface area contributed by atoms with Gasteiger partial charge in [0.2, 0.25) is 0 Å². The van der Waals surface area contributed by atoms with E-state index >= 15 is 0 Å². The number of imidazole rings is 1. The Balaban J connectivity index is 1.37. The van der Waals surface area contributed by atoms with E-state index in [1.807, 2.05) is 76.1 Å². The van der Waals surface area contributed by atoms with Crippen LogP contribution in [-0.2, 0) is 21.4 Å². The molecule has 8 nitrogen and oxygen atoms in total. The lowest BCUT2D eigenvalue weighted by Gasteiger charge is -2.16. The van der Waals surface area contributed by atoms with Crippen molar-refractivity contribution in [1.29, 1.82) is 0 Å². The summed E-state index contributed by atoms with van der Waals surface area (Å²) in [7, 11) is -3.95. The number of nitrogens with zero attached hydrogens (tertiary/aromatic N) is 3. The van der Waals surface area contributed by atoms with Gasteiger partial charge in [-0.15, -0.1) is 0 Å². The summed E-state index contributed by atoms with van der Waals surface area (Å²) in [6, 6.07) is 29.4. The molecule has 0 saturated carbocycles. The van der Waals surface area contributed by atoms with E-state index in [4.69, 9.17) is 32.9 Å². The molecular formula is C30H22Cl2N4O4S. The van der Waals surface area contributed by atoms with Gasteiger partial charge in [0, 0.05) is 28.9 Å². The first-order valence-corrected chi connectivity index (χ1v) is 14.7. The average Bonchev–Trinajstić information content (AvgIpc) is 3.49. The summed E-state index contributed by atoms with van der Waals surface area (Å²) in [5, 5.41) is 0.969. The summed E-state index contributed by atoms with van der Waals surface area (Å²) < 4.78 is 35.8. The molecule has 0 spiro atoms. The number of benzene rings is 4. The molecule has 1 aromatic heterocycles. The van der Waals surface area contributed by atoms with Gasteiger partial charge >= 0.3 is 10.2 Å². The Morgan fingerprint density at radius 2 is 1.59 bits per heavy atom. The van der Waals surface area contributed by atoms with Crippen molar-refractivity contribution >= 4 is 45.0 Å². The maximum absolute atomic E-state index is 12.5. The fourth-order valence-electron chi connectivity index (χ4n) is 4.55. The molecule has 1 aliphatic heterocycles. The Kier molecular flexibility index (Phi) is 7.17. The Bertz CT molecular complexity index is 1860. The summed E-state index contributed by atoms with van der Waals surface area (Å²) in [5.74, 6) is 1.56. The van der Waals surface area contributed by atoms with Crippen molar-refractivity contribution in [2.45, 2.75) is 6.42 Å². The van der Waals surface area contributed by atoms with Crippen LogP contribution >= 0.6 is 23.2 Å². The molecule has 1 aliphatic rings. The van der Waals surface area contributed by atoms with E-state index in [1.54, 1.807) is 36.4 Å². The lowest BCUT2D eigenvalue weighted by molar-refractivity contribution is -0.117. The first kappa shape index (κ1) is 26.9. The largest absolute Gasteiger partial charge is 0.457 e. The van der Waals surface area contributed by atoms with Crippen molar-refractivity contribution in [3.63, 3.8) is 0 Å². The number of carbonyl (C=O) groups excluding carboxylic acids is 1. The molecule has 2 heterocycles. The topological polar surface area (TPSA) is 93.5 Å². The van der Waals surface area contributed by atoms with Gasteiger partial charge in [-0.05, 0) is 66.2 Å². The van der Waals surface area contributed by atoms with Crippen LogP contribution in [0.25, 0.3) is 16.9 Å². The summed E-state index contributed by atoms with van der Waals surface area (Å²) >= 11 is 12.6. The van der Waals surface area contributed by atoms with Crippen molar-refractivity contribution in [3.05, 3.63) is 125 Å². The second kappa shape index (κ2) is 10.9. The number of ether oxygens (including phenoxy) is 1. The third-order valence-electron chi connectivity index (χ3n) is 6.47. The molecule has 41 heavy (non-hydrogen) atoms. The van der Waals surface area contributed by atoms with Crippen LogP contribution in [0.1, 0.15) is 11.4 Å². The Morgan fingerprint density at radius 1 is 0.854 bits per heavy atom. The van der Waals surface area contributed by atoms with Crippen molar-refractivity contribution in [1.82, 2.24) is 14.3 Å². The summed E-state index contributed by atoms with van der Waals surface area (Å²) in [6.07, 6.45) is 2.31. The van der Waals surface area contributed by atoms with Crippen molar-refractivity contribution in [3.8, 4) is 28.4 Å². The van der Waals surface area contributed by atoms with Crippen LogP contribution in [0.4, 0.5) is 5.69 Å². The number of anilines is 1. The van der Waals surface area contributed by atoms with Crippen molar-refractivity contribution in [2.75, 3.05) is 10.8 Å². The molecule has 11 heteroatoms. The highest BCUT2D eigenvalue weighted by Gasteiger charge is 2.34. The van der Waals surface area contributed by atoms with Crippen molar-refractivity contribution in [2.24, 2.45) is 0 Å². The lowest BCUT2D eigenvalue weighted by atomic mass is 10.1. The minimum atomic E-state index is -3.95. The van der Waals surface area contributed by atoms with Crippen LogP contribution < -0.4 is 13.8 Å². The average molecular weight is 606 g/mol. The van der Waals surface area contributed by atoms with Crippen LogP contribution in [0, 0.1) is 0 Å². The molecule has 6 rings (SSSR count). The monoisotopic (exact) mass is 604 g/mol. The van der Waals surface area contributed by atoms with Gasteiger partial charge in [-0.3, -0.25) is 4.79 Å². The molecule has 4 aromatic carbocycles. The molecule has 1 fully saturated rings. The van der Waals surface area contributed by atoms with Crippen LogP contribution in [-0.4, -0.2) is 30.4 Å². The molecule has 1 saturated heterocycles. The van der Waals surface area contributed by atoms with Crippen LogP contribution in [0.3, 0.4) is 0 Å². The van der Waals surface area contributed by atoms with Gasteiger partial charge in [0.25, 0.3) is 5.91 Å². The predicted molar refractivity (Wildman–Crippen MR) is 159 cm³/mol. The molecule has 0 radical (unpaired) electrons. The molecule has 5 aromatic rings. The fraction of sp³-hybridized carbons (Fsp3) is 0.0667. The summed E-state index contributed by atoms with van der Waals surface area (Å²) in [4.78, 5) is 16.7. The zero-order valence-corrected chi connectivity index (χ0v) is 23.7. The van der Waals surface area contributed by atoms with Crippen LogP contribution in [0.5, 0.6) is 11.5 Å². The van der Waals surface area contributed by atoms with Gasteiger partial charge in [-0.1, -0.05) is 59.6 Å². The predicted octanol–water partition coefficient (Wildman–Crippen LogP) is 6.41. The van der Waals surface area contributed by atoms with E-state index in [0.717, 1.165) is 15.6 Å². The number of nitrogens with one attached hydrogen (secondary N) is 1. The maximum Gasteiger partial charge on any atom is 0.326 e. The molecule has 1 N–H and O–H groups in total. The highest BCUT2D eigenvalue weighted by molar-refractivity contribution is 7.92. The lowest BCUT2D eigenvalue weighted by Crippen LogP contribution is -2.29. The minimum Gasteiger partial charge on any atom is -0.457 e. The van der Waals surface area contributed by atoms with E-state index in [1.165, 1.54) is 0 Å². The standard InChI is InChI=1S/C30H22Cl2N4O4S/c31-21-11-14-26(27(32)16-21)28-18-35(22-5-4-6-23(17-22)36-19-30(37)34-41(36,38)39)29(33-28)15-20-9-12-25(13-10-20)40-24-7-2-1-3-8-24/h1-14,16-18H,15,19H2,(H,34,37). The van der Waals surface area contributed by atoms with E-state index < -0.39 is 16.1 Å².